The van der Waals surface area contributed by atoms with Crippen LogP contribution in [0.5, 0.6) is 0 Å². The predicted octanol–water partition coefficient (Wildman–Crippen LogP) is 2.57. The molecule has 108 valence electrons. The highest BCUT2D eigenvalue weighted by Gasteiger charge is 2.25. The lowest BCUT2D eigenvalue weighted by molar-refractivity contribution is -0.142. The second-order valence-electron chi connectivity index (χ2n) is 5.64. The number of aromatic nitrogens is 2. The first kappa shape index (κ1) is 13.7. The zero-order valence-corrected chi connectivity index (χ0v) is 12.0. The summed E-state index contributed by atoms with van der Waals surface area (Å²) < 4.78 is 0. The van der Waals surface area contributed by atoms with Crippen molar-refractivity contribution in [2.75, 3.05) is 0 Å². The summed E-state index contributed by atoms with van der Waals surface area (Å²) in [5, 5.41) is 9.10. The van der Waals surface area contributed by atoms with E-state index >= 15 is 0 Å². The second-order valence-corrected chi connectivity index (χ2v) is 5.64. The molecule has 3 rings (SSSR count). The Kier molecular flexibility index (Phi) is 3.69. The van der Waals surface area contributed by atoms with Gasteiger partial charge < -0.3 is 5.11 Å². The van der Waals surface area contributed by atoms with Crippen LogP contribution in [0.25, 0.3) is 0 Å². The maximum Gasteiger partial charge on any atom is 0.306 e. The molecule has 0 bridgehead atoms. The number of carboxylic acid groups (broad SMARTS) is 1. The average Bonchev–Trinajstić information content (AvgIpc) is 2.49. The van der Waals surface area contributed by atoms with Crippen molar-refractivity contribution in [3.8, 4) is 0 Å². The minimum absolute atomic E-state index is 0.289. The van der Waals surface area contributed by atoms with Gasteiger partial charge in [0, 0.05) is 18.3 Å². The summed E-state index contributed by atoms with van der Waals surface area (Å²) in [5.74, 6) is -0.190. The maximum atomic E-state index is 11.1. The molecular weight excluding hydrogens is 264 g/mol. The van der Waals surface area contributed by atoms with Crippen molar-refractivity contribution in [1.82, 2.24) is 9.97 Å². The summed E-state index contributed by atoms with van der Waals surface area (Å²) in [4.78, 5) is 20.1. The van der Waals surface area contributed by atoms with Gasteiger partial charge in [-0.15, -0.1) is 0 Å². The number of hydrogen-bond donors (Lipinski definition) is 1. The largest absolute Gasteiger partial charge is 0.481 e. The van der Waals surface area contributed by atoms with Crippen LogP contribution in [-0.2, 0) is 24.1 Å². The van der Waals surface area contributed by atoms with E-state index in [1.165, 1.54) is 11.1 Å². The van der Waals surface area contributed by atoms with E-state index in [0.29, 0.717) is 12.8 Å². The molecule has 1 N–H and O–H groups in total. The molecular formula is C17H18N2O2. The zero-order valence-electron chi connectivity index (χ0n) is 12.0. The van der Waals surface area contributed by atoms with E-state index in [4.69, 9.17) is 5.11 Å². The topological polar surface area (TPSA) is 63.1 Å². The number of rotatable bonds is 3. The lowest BCUT2D eigenvalue weighted by atomic mass is 9.87. The molecule has 0 aliphatic heterocycles. The highest BCUT2D eigenvalue weighted by molar-refractivity contribution is 5.70. The third-order valence-electron chi connectivity index (χ3n) is 4.16. The van der Waals surface area contributed by atoms with Gasteiger partial charge in [0.2, 0.25) is 0 Å². The summed E-state index contributed by atoms with van der Waals surface area (Å²) in [6.07, 6.45) is 4.49. The predicted molar refractivity (Wildman–Crippen MR) is 79.2 cm³/mol. The zero-order chi connectivity index (χ0) is 14.8. The number of aryl methyl sites for hydroxylation is 2. The van der Waals surface area contributed by atoms with Crippen molar-refractivity contribution in [3.05, 3.63) is 58.7 Å². The Morgan fingerprint density at radius 2 is 2.19 bits per heavy atom. The van der Waals surface area contributed by atoms with Gasteiger partial charge >= 0.3 is 5.97 Å². The van der Waals surface area contributed by atoms with E-state index in [2.05, 4.69) is 29.0 Å². The van der Waals surface area contributed by atoms with Crippen molar-refractivity contribution in [3.63, 3.8) is 0 Å². The van der Waals surface area contributed by atoms with Gasteiger partial charge in [0.05, 0.1) is 5.92 Å². The Balaban J connectivity index is 1.81. The molecule has 4 heteroatoms. The molecule has 21 heavy (non-hydrogen) atoms. The van der Waals surface area contributed by atoms with Crippen LogP contribution in [0, 0.1) is 12.8 Å². The number of carboxylic acids is 1. The van der Waals surface area contributed by atoms with Gasteiger partial charge in [-0.2, -0.15) is 0 Å². The van der Waals surface area contributed by atoms with E-state index < -0.39 is 5.97 Å². The fraction of sp³-hybridized carbons (Fsp3) is 0.353. The molecule has 1 atom stereocenters. The van der Waals surface area contributed by atoms with Crippen LogP contribution >= 0.6 is 0 Å². The molecule has 0 fully saturated rings. The first-order valence-corrected chi connectivity index (χ1v) is 7.24. The standard InChI is InChI=1S/C17H18N2O2/c1-11-4-2-3-5-12(11)9-16-18-10-14-8-13(17(20)21)6-7-15(14)19-16/h2-5,10,13H,6-9H2,1H3,(H,20,21). The molecule has 0 saturated heterocycles. The Morgan fingerprint density at radius 1 is 1.38 bits per heavy atom. The molecule has 2 aromatic rings. The molecule has 4 nitrogen and oxygen atoms in total. The maximum absolute atomic E-state index is 11.1. The quantitative estimate of drug-likeness (QED) is 0.939. The highest BCUT2D eigenvalue weighted by Crippen LogP contribution is 2.24. The SMILES string of the molecule is Cc1ccccc1Cc1ncc2c(n1)CCC(C(=O)O)C2. The molecule has 1 heterocycles. The molecule has 0 spiro atoms. The van der Waals surface area contributed by atoms with Crippen LogP contribution in [0.4, 0.5) is 0 Å². The number of hydrogen-bond acceptors (Lipinski definition) is 3. The number of benzene rings is 1. The minimum atomic E-state index is -0.718. The van der Waals surface area contributed by atoms with E-state index in [1.54, 1.807) is 0 Å². The van der Waals surface area contributed by atoms with Crippen LogP contribution in [0.2, 0.25) is 0 Å². The monoisotopic (exact) mass is 282 g/mol. The van der Waals surface area contributed by atoms with Crippen LogP contribution in [0.1, 0.15) is 34.6 Å². The minimum Gasteiger partial charge on any atom is -0.481 e. The van der Waals surface area contributed by atoms with Gasteiger partial charge in [-0.25, -0.2) is 9.97 Å². The Labute approximate surface area is 123 Å². The summed E-state index contributed by atoms with van der Waals surface area (Å²) in [6, 6.07) is 8.24. The normalized spacial score (nSPS) is 17.3. The van der Waals surface area contributed by atoms with Gasteiger partial charge in [-0.05, 0) is 42.9 Å². The Bertz CT molecular complexity index is 682. The number of aliphatic carboxylic acids is 1. The first-order valence-electron chi connectivity index (χ1n) is 7.24. The molecule has 1 aromatic carbocycles. The van der Waals surface area contributed by atoms with E-state index in [1.807, 2.05) is 18.3 Å². The van der Waals surface area contributed by atoms with Gasteiger partial charge in [0.25, 0.3) is 0 Å². The highest BCUT2D eigenvalue weighted by atomic mass is 16.4. The first-order chi connectivity index (χ1) is 10.1. The molecule has 1 aliphatic carbocycles. The van der Waals surface area contributed by atoms with Crippen molar-refractivity contribution in [1.29, 1.82) is 0 Å². The molecule has 1 unspecified atom stereocenters. The summed E-state index contributed by atoms with van der Waals surface area (Å²) in [6.45, 7) is 2.09. The van der Waals surface area contributed by atoms with E-state index in [-0.39, 0.29) is 5.92 Å². The lowest BCUT2D eigenvalue weighted by Gasteiger charge is -2.20. The van der Waals surface area contributed by atoms with Crippen molar-refractivity contribution >= 4 is 5.97 Å². The fourth-order valence-electron chi connectivity index (χ4n) is 2.82. The summed E-state index contributed by atoms with van der Waals surface area (Å²) in [5.41, 5.74) is 4.48. The third kappa shape index (κ3) is 2.94. The van der Waals surface area contributed by atoms with Crippen LogP contribution in [0.3, 0.4) is 0 Å². The Hall–Kier alpha value is -2.23. The Morgan fingerprint density at radius 3 is 2.95 bits per heavy atom. The number of carbonyl (C=O) groups is 1. The van der Waals surface area contributed by atoms with Crippen molar-refractivity contribution in [2.45, 2.75) is 32.6 Å². The smallest absolute Gasteiger partial charge is 0.306 e. The molecule has 0 amide bonds. The van der Waals surface area contributed by atoms with Crippen molar-refractivity contribution in [2.24, 2.45) is 5.92 Å². The summed E-state index contributed by atoms with van der Waals surface area (Å²) in [7, 11) is 0. The van der Waals surface area contributed by atoms with Crippen molar-refractivity contribution < 1.29 is 9.90 Å². The molecule has 1 aliphatic rings. The van der Waals surface area contributed by atoms with Crippen LogP contribution in [0.15, 0.2) is 30.5 Å². The second kappa shape index (κ2) is 5.64. The number of fused-ring (bicyclic) bond motifs is 1. The van der Waals surface area contributed by atoms with E-state index in [0.717, 1.165) is 29.9 Å². The molecule has 1 aromatic heterocycles. The van der Waals surface area contributed by atoms with Gasteiger partial charge in [-0.3, -0.25) is 4.79 Å². The lowest BCUT2D eigenvalue weighted by Crippen LogP contribution is -2.23. The third-order valence-corrected chi connectivity index (χ3v) is 4.16. The molecule has 0 saturated carbocycles. The van der Waals surface area contributed by atoms with Crippen LogP contribution in [-0.4, -0.2) is 21.0 Å². The average molecular weight is 282 g/mol. The fourth-order valence-corrected chi connectivity index (χ4v) is 2.82. The number of nitrogens with zero attached hydrogens (tertiary/aromatic N) is 2. The van der Waals surface area contributed by atoms with Crippen LogP contribution < -0.4 is 0 Å². The molecule has 0 radical (unpaired) electrons. The summed E-state index contributed by atoms with van der Waals surface area (Å²) >= 11 is 0. The van der Waals surface area contributed by atoms with Gasteiger partial charge in [-0.1, -0.05) is 24.3 Å². The van der Waals surface area contributed by atoms with E-state index in [9.17, 15) is 4.79 Å². The van der Waals surface area contributed by atoms with Gasteiger partial charge in [0.15, 0.2) is 0 Å². The van der Waals surface area contributed by atoms with Gasteiger partial charge in [0.1, 0.15) is 5.82 Å².